The number of fused-ring (bicyclic) bond motifs is 1. The van der Waals surface area contributed by atoms with Gasteiger partial charge >= 0.3 is 0 Å². The van der Waals surface area contributed by atoms with Crippen LogP contribution in [-0.4, -0.2) is 15.6 Å². The molecule has 0 saturated heterocycles. The van der Waals surface area contributed by atoms with E-state index in [1.54, 1.807) is 0 Å². The third-order valence-corrected chi connectivity index (χ3v) is 3.86. The molecule has 0 spiro atoms. The van der Waals surface area contributed by atoms with E-state index in [1.165, 1.54) is 0 Å². The minimum absolute atomic E-state index is 0.0777. The molecule has 0 amide bonds. The average molecular weight is 280 g/mol. The van der Waals surface area contributed by atoms with Crippen LogP contribution in [0.3, 0.4) is 0 Å². The van der Waals surface area contributed by atoms with Gasteiger partial charge in [-0.1, -0.05) is 32.4 Å². The average Bonchev–Trinajstić information content (AvgIpc) is 2.63. The van der Waals surface area contributed by atoms with Crippen LogP contribution in [0.1, 0.15) is 33.5 Å². The molecule has 2 rings (SSSR count). The molecule has 19 heavy (non-hydrogen) atoms. The van der Waals surface area contributed by atoms with Gasteiger partial charge in [-0.25, -0.2) is 4.98 Å². The fourth-order valence-corrected chi connectivity index (χ4v) is 2.33. The molecule has 104 valence electrons. The summed E-state index contributed by atoms with van der Waals surface area (Å²) in [6.45, 7) is 9.50. The topological polar surface area (TPSA) is 43.8 Å². The first-order valence-corrected chi connectivity index (χ1v) is 7.11. The van der Waals surface area contributed by atoms with Gasteiger partial charge in [0.1, 0.15) is 5.82 Å². The fraction of sp³-hybridized carbons (Fsp3) is 0.533. The Bertz CT molecular complexity index is 581. The fourth-order valence-electron chi connectivity index (χ4n) is 2.16. The number of aryl methyl sites for hydroxylation is 1. The Morgan fingerprint density at radius 1 is 1.37 bits per heavy atom. The van der Waals surface area contributed by atoms with Gasteiger partial charge < -0.3 is 10.3 Å². The number of rotatable bonds is 3. The summed E-state index contributed by atoms with van der Waals surface area (Å²) in [6, 6.07) is 5.94. The number of halogens is 1. The summed E-state index contributed by atoms with van der Waals surface area (Å²) in [5.74, 6) is 1.04. The minimum Gasteiger partial charge on any atom is -0.328 e. The number of hydrogen-bond acceptors (Lipinski definition) is 2. The summed E-state index contributed by atoms with van der Waals surface area (Å²) in [6.07, 6.45) is 0.781. The van der Waals surface area contributed by atoms with Crippen LogP contribution in [0.5, 0.6) is 0 Å². The molecule has 0 aliphatic carbocycles. The molecular formula is C15H22ClN3. The lowest BCUT2D eigenvalue weighted by Crippen LogP contribution is -2.37. The second-order valence-electron chi connectivity index (χ2n) is 6.08. The molecule has 2 N–H and O–H groups in total. The zero-order chi connectivity index (χ0) is 14.2. The van der Waals surface area contributed by atoms with Crippen molar-refractivity contribution in [2.45, 2.75) is 46.7 Å². The zero-order valence-corrected chi connectivity index (χ0v) is 12.8. The molecular weight excluding hydrogens is 258 g/mol. The lowest BCUT2D eigenvalue weighted by atomic mass is 9.85. The number of nitrogens with zero attached hydrogens (tertiary/aromatic N) is 2. The first-order chi connectivity index (χ1) is 8.82. The Balaban J connectivity index is 2.43. The summed E-state index contributed by atoms with van der Waals surface area (Å²) in [5.41, 5.74) is 8.43. The maximum absolute atomic E-state index is 6.28. The Kier molecular flexibility index (Phi) is 3.88. The maximum atomic E-state index is 6.28. The summed E-state index contributed by atoms with van der Waals surface area (Å²) in [5, 5.41) is 0.722. The maximum Gasteiger partial charge on any atom is 0.111 e. The van der Waals surface area contributed by atoms with E-state index in [4.69, 9.17) is 22.3 Å². The van der Waals surface area contributed by atoms with Crippen LogP contribution in [0.15, 0.2) is 18.2 Å². The van der Waals surface area contributed by atoms with E-state index in [0.29, 0.717) is 0 Å². The molecule has 1 aromatic carbocycles. The molecule has 0 radical (unpaired) electrons. The summed E-state index contributed by atoms with van der Waals surface area (Å²) in [4.78, 5) is 4.70. The third-order valence-electron chi connectivity index (χ3n) is 3.62. The van der Waals surface area contributed by atoms with Crippen molar-refractivity contribution in [1.82, 2.24) is 9.55 Å². The van der Waals surface area contributed by atoms with E-state index >= 15 is 0 Å². The molecule has 0 aliphatic rings. The molecule has 1 aromatic heterocycles. The second-order valence-corrected chi connectivity index (χ2v) is 6.52. The second kappa shape index (κ2) is 5.14. The molecule has 0 bridgehead atoms. The lowest BCUT2D eigenvalue weighted by molar-refractivity contribution is 0.313. The highest BCUT2D eigenvalue weighted by Crippen LogP contribution is 2.24. The first kappa shape index (κ1) is 14.4. The monoisotopic (exact) mass is 279 g/mol. The van der Waals surface area contributed by atoms with E-state index in [1.807, 2.05) is 18.2 Å². The van der Waals surface area contributed by atoms with Crippen LogP contribution in [0.2, 0.25) is 5.02 Å². The van der Waals surface area contributed by atoms with Crippen LogP contribution < -0.4 is 5.73 Å². The van der Waals surface area contributed by atoms with Gasteiger partial charge in [-0.2, -0.15) is 0 Å². The molecule has 3 nitrogen and oxygen atoms in total. The van der Waals surface area contributed by atoms with Crippen molar-refractivity contribution in [2.24, 2.45) is 11.1 Å². The van der Waals surface area contributed by atoms with Crippen LogP contribution in [0.25, 0.3) is 11.0 Å². The molecule has 1 atom stereocenters. The summed E-state index contributed by atoms with van der Waals surface area (Å²) >= 11 is 6.03. The molecule has 2 aromatic rings. The van der Waals surface area contributed by atoms with E-state index in [9.17, 15) is 0 Å². The summed E-state index contributed by atoms with van der Waals surface area (Å²) < 4.78 is 2.22. The number of imidazole rings is 1. The van der Waals surface area contributed by atoms with Gasteiger partial charge in [0.05, 0.1) is 11.0 Å². The molecule has 0 aliphatic heterocycles. The van der Waals surface area contributed by atoms with Gasteiger partial charge in [0.25, 0.3) is 0 Å². The Hall–Kier alpha value is -1.06. The highest BCUT2D eigenvalue weighted by Gasteiger charge is 2.23. The molecule has 0 fully saturated rings. The minimum atomic E-state index is 0.0777. The quantitative estimate of drug-likeness (QED) is 0.932. The van der Waals surface area contributed by atoms with Crippen LogP contribution in [-0.2, 0) is 13.0 Å². The lowest BCUT2D eigenvalue weighted by Gasteiger charge is -2.26. The highest BCUT2D eigenvalue weighted by atomic mass is 35.5. The number of hydrogen-bond donors (Lipinski definition) is 1. The molecule has 1 unspecified atom stereocenters. The van der Waals surface area contributed by atoms with Crippen molar-refractivity contribution < 1.29 is 0 Å². The normalized spacial score (nSPS) is 14.0. The van der Waals surface area contributed by atoms with Gasteiger partial charge in [-0.05, 0) is 30.5 Å². The molecule has 1 heterocycles. The van der Waals surface area contributed by atoms with Crippen molar-refractivity contribution in [3.63, 3.8) is 0 Å². The summed E-state index contributed by atoms with van der Waals surface area (Å²) in [7, 11) is 0. The van der Waals surface area contributed by atoms with Crippen molar-refractivity contribution in [3.8, 4) is 0 Å². The molecule has 4 heteroatoms. The third kappa shape index (κ3) is 2.93. The van der Waals surface area contributed by atoms with Crippen molar-refractivity contribution in [2.75, 3.05) is 0 Å². The van der Waals surface area contributed by atoms with Gasteiger partial charge in [0.15, 0.2) is 0 Å². The predicted octanol–water partition coefficient (Wildman–Crippen LogP) is 3.63. The van der Waals surface area contributed by atoms with Crippen LogP contribution in [0.4, 0.5) is 0 Å². The Morgan fingerprint density at radius 3 is 2.63 bits per heavy atom. The van der Waals surface area contributed by atoms with Gasteiger partial charge in [0, 0.05) is 24.0 Å². The first-order valence-electron chi connectivity index (χ1n) is 6.73. The van der Waals surface area contributed by atoms with Gasteiger partial charge in [0.2, 0.25) is 0 Å². The Labute approximate surface area is 119 Å². The standard InChI is InChI=1S/C15H22ClN3/c1-5-19-12-7-6-10(16)8-11(12)18-14(19)9-13(17)15(2,3)4/h6-8,13H,5,9,17H2,1-4H3. The molecule has 0 saturated carbocycles. The zero-order valence-electron chi connectivity index (χ0n) is 12.1. The van der Waals surface area contributed by atoms with E-state index in [2.05, 4.69) is 32.3 Å². The number of aromatic nitrogens is 2. The van der Waals surface area contributed by atoms with Gasteiger partial charge in [-0.15, -0.1) is 0 Å². The number of nitrogens with two attached hydrogens (primary N) is 1. The largest absolute Gasteiger partial charge is 0.328 e. The smallest absolute Gasteiger partial charge is 0.111 e. The van der Waals surface area contributed by atoms with Crippen molar-refractivity contribution in [3.05, 3.63) is 29.0 Å². The van der Waals surface area contributed by atoms with E-state index < -0.39 is 0 Å². The Morgan fingerprint density at radius 2 is 2.05 bits per heavy atom. The SMILES string of the molecule is CCn1c(CC(N)C(C)(C)C)nc2cc(Cl)ccc21. The van der Waals surface area contributed by atoms with Crippen molar-refractivity contribution in [1.29, 1.82) is 0 Å². The van der Waals surface area contributed by atoms with Gasteiger partial charge in [-0.3, -0.25) is 0 Å². The van der Waals surface area contributed by atoms with E-state index in [-0.39, 0.29) is 11.5 Å². The predicted molar refractivity (Wildman–Crippen MR) is 81.6 cm³/mol. The van der Waals surface area contributed by atoms with Crippen LogP contribution in [0, 0.1) is 5.41 Å². The van der Waals surface area contributed by atoms with E-state index in [0.717, 1.165) is 34.8 Å². The van der Waals surface area contributed by atoms with Crippen molar-refractivity contribution >= 4 is 22.6 Å². The number of benzene rings is 1. The van der Waals surface area contributed by atoms with Crippen LogP contribution >= 0.6 is 11.6 Å². The highest BCUT2D eigenvalue weighted by molar-refractivity contribution is 6.31.